The normalized spacial score (nSPS) is 11.7. The first-order valence-corrected chi connectivity index (χ1v) is 23.0. The second kappa shape index (κ2) is 28.1. The van der Waals surface area contributed by atoms with Gasteiger partial charge in [0.2, 0.25) is 23.6 Å². The molecule has 0 saturated heterocycles. The number of aliphatic imine (C=N–C) groups is 2. The Bertz CT molecular complexity index is 2350. The number of guanidine groups is 2. The third kappa shape index (κ3) is 20.1. The van der Waals surface area contributed by atoms with Gasteiger partial charge in [0, 0.05) is 50.5 Å². The van der Waals surface area contributed by atoms with Gasteiger partial charge in [0.05, 0.1) is 62.5 Å². The number of hydrogen-bond acceptors (Lipinski definition) is 15. The van der Waals surface area contributed by atoms with E-state index >= 15 is 0 Å². The van der Waals surface area contributed by atoms with Crippen LogP contribution in [0.25, 0.3) is 0 Å². The number of carbonyl (C=O) groups excluding carboxylic acids is 5. The predicted octanol–water partition coefficient (Wildman–Crippen LogP) is 1.97. The van der Waals surface area contributed by atoms with Crippen LogP contribution >= 0.6 is 23.5 Å². The molecule has 0 fully saturated rings. The number of rotatable bonds is 27. The Morgan fingerprint density at radius 1 is 0.614 bits per heavy atom. The zero-order valence-corrected chi connectivity index (χ0v) is 38.9. The molecule has 0 radical (unpaired) electrons. The topological polar surface area (TPSA) is 384 Å². The molecule has 1 heterocycles. The van der Waals surface area contributed by atoms with Crippen LogP contribution in [0.3, 0.4) is 0 Å². The summed E-state index contributed by atoms with van der Waals surface area (Å²) in [4.78, 5) is 78.7. The Morgan fingerprint density at radius 3 is 1.47 bits per heavy atom. The molecule has 384 valence electrons. The third-order valence-electron chi connectivity index (χ3n) is 9.05. The van der Waals surface area contributed by atoms with Gasteiger partial charge < -0.3 is 71.4 Å². The van der Waals surface area contributed by atoms with Crippen molar-refractivity contribution in [2.45, 2.75) is 66.9 Å². The number of aliphatic hydroxyl groups excluding tert-OH is 1. The molecule has 3 rings (SSSR count). The molecule has 5 amide bonds. The van der Waals surface area contributed by atoms with E-state index in [1.54, 1.807) is 0 Å². The summed E-state index contributed by atoms with van der Waals surface area (Å²) in [5.41, 5.74) is 27.0. The molecular formula is C40H54F6N16O6S2. The lowest BCUT2D eigenvalue weighted by molar-refractivity contribution is -0.138. The van der Waals surface area contributed by atoms with E-state index in [-0.39, 0.29) is 115 Å². The van der Waals surface area contributed by atoms with Crippen molar-refractivity contribution in [2.24, 2.45) is 44.4 Å². The molecule has 3 aromatic rings. The van der Waals surface area contributed by atoms with E-state index < -0.39 is 76.3 Å². The number of benzene rings is 2. The number of halogens is 6. The average molecular weight is 1030 g/mol. The summed E-state index contributed by atoms with van der Waals surface area (Å²) in [7, 11) is 0. The summed E-state index contributed by atoms with van der Waals surface area (Å²) in [6.07, 6.45) is -10.2. The quantitative estimate of drug-likeness (QED) is 0.0130. The van der Waals surface area contributed by atoms with Gasteiger partial charge in [0.1, 0.15) is 12.0 Å². The van der Waals surface area contributed by atoms with Gasteiger partial charge in [-0.3, -0.25) is 34.0 Å². The van der Waals surface area contributed by atoms with Crippen LogP contribution < -0.4 is 66.3 Å². The minimum Gasteiger partial charge on any atom is -0.370 e. The van der Waals surface area contributed by atoms with E-state index in [1.165, 1.54) is 0 Å². The number of alkyl halides is 6. The SMILES string of the molecule is NCC(=O)NCCSc1c(NC(=O)CCCCN=C(N)N)cc(C(F)(F)F)cc1NC(=O)c1cc(C(O)Nc2cc(C(F)(F)F)cc(NC(=O)CCCCN=C(N)N)c2SCCNC(=O)CN)ncn1. The molecule has 0 spiro atoms. The van der Waals surface area contributed by atoms with Crippen LogP contribution in [0, 0.1) is 0 Å². The minimum absolute atomic E-state index is 0.0130. The first-order chi connectivity index (χ1) is 33.0. The number of hydrogen-bond donors (Lipinski definition) is 13. The average Bonchev–Trinajstić information content (AvgIpc) is 3.28. The maximum Gasteiger partial charge on any atom is 0.416 e. The van der Waals surface area contributed by atoms with Crippen molar-refractivity contribution in [3.05, 3.63) is 59.2 Å². The van der Waals surface area contributed by atoms with E-state index in [0.717, 1.165) is 35.9 Å². The number of carbonyl (C=O) groups is 5. The Hall–Kier alpha value is -6.63. The summed E-state index contributed by atoms with van der Waals surface area (Å²) < 4.78 is 86.0. The lowest BCUT2D eigenvalue weighted by Gasteiger charge is -2.22. The smallest absolute Gasteiger partial charge is 0.370 e. The highest BCUT2D eigenvalue weighted by molar-refractivity contribution is 7.99. The molecule has 0 aliphatic heterocycles. The second-order valence-corrected chi connectivity index (χ2v) is 16.8. The number of nitrogens with two attached hydrogens (primary N) is 6. The van der Waals surface area contributed by atoms with Gasteiger partial charge in [-0.05, 0) is 56.0 Å². The van der Waals surface area contributed by atoms with Crippen molar-refractivity contribution >= 4 is 87.7 Å². The molecule has 0 saturated carbocycles. The monoisotopic (exact) mass is 1030 g/mol. The van der Waals surface area contributed by atoms with E-state index in [2.05, 4.69) is 51.9 Å². The fraction of sp³-hybridized carbons (Fsp3) is 0.425. The molecule has 19 N–H and O–H groups in total. The minimum atomic E-state index is -4.99. The van der Waals surface area contributed by atoms with E-state index in [4.69, 9.17) is 34.4 Å². The number of anilines is 4. The number of nitrogens with zero attached hydrogens (tertiary/aromatic N) is 4. The Balaban J connectivity index is 2.02. The van der Waals surface area contributed by atoms with Crippen molar-refractivity contribution in [2.75, 3.05) is 72.0 Å². The highest BCUT2D eigenvalue weighted by atomic mass is 32.2. The summed E-state index contributed by atoms with van der Waals surface area (Å²) in [5.74, 6) is -3.84. The third-order valence-corrected chi connectivity index (χ3v) is 11.3. The molecular weight excluding hydrogens is 979 g/mol. The van der Waals surface area contributed by atoms with Gasteiger partial charge in [-0.15, -0.1) is 23.5 Å². The van der Waals surface area contributed by atoms with Crippen molar-refractivity contribution in [3.8, 4) is 0 Å². The standard InChI is InChI=1S/C40H54F6N16O6S2/c41-39(42,43)21-13-23(59-29(63)5-1-3-7-55-37(49)50)33(69-11-9-53-31(65)18-47)25(15-21)61-35(67)27-17-28(58-20-57-27)36(68)62-26-16-22(40(44,45)46)14-24(34(26)70-12-10-54-32(66)19-48)60-30(64)6-2-4-8-56-38(51)52/h13-17,20,35,61,67H,1-12,18-19,47-48H2,(H,53,65)(H,54,66)(H,59,63)(H,60,64)(H,62,68)(H4,49,50,55)(H4,51,52,56). The van der Waals surface area contributed by atoms with Crippen molar-refractivity contribution < 1.29 is 55.4 Å². The van der Waals surface area contributed by atoms with Crippen LogP contribution in [0.1, 0.15) is 72.1 Å². The molecule has 70 heavy (non-hydrogen) atoms. The molecule has 1 aromatic heterocycles. The maximum atomic E-state index is 14.3. The second-order valence-electron chi connectivity index (χ2n) is 14.6. The molecule has 0 bridgehead atoms. The van der Waals surface area contributed by atoms with Gasteiger partial charge >= 0.3 is 12.4 Å². The van der Waals surface area contributed by atoms with Crippen LogP contribution in [-0.2, 0) is 31.5 Å². The van der Waals surface area contributed by atoms with Gasteiger partial charge in [-0.1, -0.05) is 0 Å². The lowest BCUT2D eigenvalue weighted by Crippen LogP contribution is -2.31. The Labute approximate surface area is 405 Å². The van der Waals surface area contributed by atoms with Crippen molar-refractivity contribution in [3.63, 3.8) is 0 Å². The number of aliphatic hydroxyl groups is 1. The molecule has 22 nitrogen and oxygen atoms in total. The summed E-state index contributed by atoms with van der Waals surface area (Å²) >= 11 is 1.76. The number of amides is 5. The zero-order valence-electron chi connectivity index (χ0n) is 37.3. The van der Waals surface area contributed by atoms with Crippen LogP contribution in [-0.4, -0.2) is 107 Å². The van der Waals surface area contributed by atoms with Gasteiger partial charge in [0.15, 0.2) is 18.1 Å². The van der Waals surface area contributed by atoms with Crippen LogP contribution in [0.5, 0.6) is 0 Å². The van der Waals surface area contributed by atoms with E-state index in [0.29, 0.717) is 37.1 Å². The van der Waals surface area contributed by atoms with Crippen molar-refractivity contribution in [1.82, 2.24) is 20.6 Å². The maximum absolute atomic E-state index is 14.3. The highest BCUT2D eigenvalue weighted by Gasteiger charge is 2.35. The van der Waals surface area contributed by atoms with Crippen LogP contribution in [0.15, 0.2) is 56.4 Å². The van der Waals surface area contributed by atoms with Crippen LogP contribution in [0.2, 0.25) is 0 Å². The first kappa shape index (κ1) is 57.7. The number of nitrogens with one attached hydrogen (secondary N) is 6. The number of unbranched alkanes of at least 4 members (excludes halogenated alkanes) is 2. The summed E-state index contributed by atoms with van der Waals surface area (Å²) in [6, 6.07) is 3.53. The largest absolute Gasteiger partial charge is 0.416 e. The van der Waals surface area contributed by atoms with E-state index in [9.17, 15) is 55.4 Å². The van der Waals surface area contributed by atoms with Crippen molar-refractivity contribution in [1.29, 1.82) is 0 Å². The van der Waals surface area contributed by atoms with Gasteiger partial charge in [0.25, 0.3) is 5.91 Å². The summed E-state index contributed by atoms with van der Waals surface area (Å²) in [6.45, 7) is -0.339. The Morgan fingerprint density at radius 2 is 1.04 bits per heavy atom. The first-order valence-electron chi connectivity index (χ1n) is 21.0. The van der Waals surface area contributed by atoms with Crippen LogP contribution in [0.4, 0.5) is 49.1 Å². The predicted molar refractivity (Wildman–Crippen MR) is 253 cm³/mol. The number of thioether (sulfide) groups is 2. The highest BCUT2D eigenvalue weighted by Crippen LogP contribution is 2.43. The van der Waals surface area contributed by atoms with E-state index in [1.807, 2.05) is 0 Å². The molecule has 1 unspecified atom stereocenters. The molecule has 0 aliphatic rings. The van der Waals surface area contributed by atoms with Gasteiger partial charge in [-0.2, -0.15) is 26.3 Å². The molecule has 30 heteroatoms. The number of aromatic nitrogens is 2. The zero-order chi connectivity index (χ0) is 52.0. The fourth-order valence-electron chi connectivity index (χ4n) is 5.80. The molecule has 1 atom stereocenters. The molecule has 0 aliphatic carbocycles. The Kier molecular flexibility index (Phi) is 23.2. The fourth-order valence-corrected chi connectivity index (χ4v) is 7.69. The molecule has 2 aromatic carbocycles. The summed E-state index contributed by atoms with van der Waals surface area (Å²) in [5, 5.41) is 26.2. The van der Waals surface area contributed by atoms with Gasteiger partial charge in [-0.25, -0.2) is 9.97 Å². The lowest BCUT2D eigenvalue weighted by atomic mass is 10.1.